The van der Waals surface area contributed by atoms with Gasteiger partial charge in [0.25, 0.3) is 0 Å². The van der Waals surface area contributed by atoms with Crippen LogP contribution in [0, 0.1) is 0 Å². The van der Waals surface area contributed by atoms with Crippen LogP contribution in [0.4, 0.5) is 0 Å². The van der Waals surface area contributed by atoms with E-state index in [0.29, 0.717) is 35.5 Å². The molecule has 3 aromatic rings. The van der Waals surface area contributed by atoms with E-state index in [1.807, 2.05) is 23.6 Å². The van der Waals surface area contributed by atoms with Crippen molar-refractivity contribution in [3.05, 3.63) is 41.0 Å². The number of rotatable bonds is 8. The number of halogens is 1. The average Bonchev–Trinajstić information content (AvgIpc) is 3.24. The third kappa shape index (κ3) is 4.41. The molecule has 0 spiro atoms. The lowest BCUT2D eigenvalue weighted by Gasteiger charge is -2.05. The second-order valence-corrected chi connectivity index (χ2v) is 6.80. The van der Waals surface area contributed by atoms with Gasteiger partial charge in [0, 0.05) is 30.0 Å². The fraction of sp³-hybridized carbons (Fsp3) is 0.312. The van der Waals surface area contributed by atoms with Crippen LogP contribution in [0.25, 0.3) is 11.4 Å². The fourth-order valence-corrected chi connectivity index (χ4v) is 3.40. The molecule has 0 radical (unpaired) electrons. The minimum Gasteiger partial charge on any atom is -0.370 e. The summed E-state index contributed by atoms with van der Waals surface area (Å²) >= 11 is 7.43. The number of nitrogens with two attached hydrogens (primary N) is 1. The Balaban J connectivity index is 1.67. The Labute approximate surface area is 159 Å². The van der Waals surface area contributed by atoms with E-state index < -0.39 is 0 Å². The molecular weight excluding hydrogens is 376 g/mol. The highest BCUT2D eigenvalue weighted by atomic mass is 35.5. The molecule has 2 aromatic heterocycles. The van der Waals surface area contributed by atoms with Gasteiger partial charge in [0.15, 0.2) is 5.16 Å². The van der Waals surface area contributed by atoms with Crippen LogP contribution in [0.5, 0.6) is 0 Å². The van der Waals surface area contributed by atoms with Crippen LogP contribution in [0.15, 0.2) is 33.9 Å². The second kappa shape index (κ2) is 8.33. The van der Waals surface area contributed by atoms with E-state index in [1.165, 1.54) is 11.8 Å². The number of aryl methyl sites for hydroxylation is 1. The van der Waals surface area contributed by atoms with Gasteiger partial charge >= 0.3 is 0 Å². The summed E-state index contributed by atoms with van der Waals surface area (Å²) < 4.78 is 7.24. The van der Waals surface area contributed by atoms with Gasteiger partial charge in [-0.15, -0.1) is 10.2 Å². The smallest absolute Gasteiger partial charge is 0.237 e. The standard InChI is InChI=1S/C16H17ClN6O2S/c1-2-23-13(7-6-12(18)24)20-21-16(23)26-9-14-19-15(22-25-14)10-4-3-5-11(17)8-10/h3-5,8H,2,6-7,9H2,1H3,(H2,18,24). The van der Waals surface area contributed by atoms with Gasteiger partial charge in [-0.2, -0.15) is 4.98 Å². The van der Waals surface area contributed by atoms with E-state index in [2.05, 4.69) is 20.3 Å². The Bertz CT molecular complexity index is 910. The van der Waals surface area contributed by atoms with Crippen LogP contribution < -0.4 is 5.73 Å². The first-order valence-electron chi connectivity index (χ1n) is 7.98. The number of hydrogen-bond donors (Lipinski definition) is 1. The van der Waals surface area contributed by atoms with Crippen molar-refractivity contribution < 1.29 is 9.32 Å². The zero-order valence-corrected chi connectivity index (χ0v) is 15.6. The molecule has 0 aliphatic carbocycles. The molecule has 2 N–H and O–H groups in total. The van der Waals surface area contributed by atoms with E-state index in [4.69, 9.17) is 21.9 Å². The number of thioether (sulfide) groups is 1. The number of amides is 1. The van der Waals surface area contributed by atoms with Crippen molar-refractivity contribution in [3.8, 4) is 11.4 Å². The molecule has 1 amide bonds. The van der Waals surface area contributed by atoms with Crippen molar-refractivity contribution in [1.29, 1.82) is 0 Å². The SMILES string of the molecule is CCn1c(CCC(N)=O)nnc1SCc1nc(-c2cccc(Cl)c2)no1. The lowest BCUT2D eigenvalue weighted by atomic mass is 10.2. The molecule has 26 heavy (non-hydrogen) atoms. The predicted molar refractivity (Wildman–Crippen MR) is 97.5 cm³/mol. The summed E-state index contributed by atoms with van der Waals surface area (Å²) in [5.74, 6) is 1.81. The van der Waals surface area contributed by atoms with Crippen molar-refractivity contribution in [2.24, 2.45) is 5.73 Å². The van der Waals surface area contributed by atoms with Crippen molar-refractivity contribution in [2.45, 2.75) is 37.2 Å². The van der Waals surface area contributed by atoms with Gasteiger partial charge in [-0.3, -0.25) is 4.79 Å². The Morgan fingerprint density at radius 2 is 2.23 bits per heavy atom. The van der Waals surface area contributed by atoms with Gasteiger partial charge in [0.1, 0.15) is 5.82 Å². The summed E-state index contributed by atoms with van der Waals surface area (Å²) in [5.41, 5.74) is 5.99. The highest BCUT2D eigenvalue weighted by Gasteiger charge is 2.15. The lowest BCUT2D eigenvalue weighted by Crippen LogP contribution is -2.13. The Morgan fingerprint density at radius 1 is 1.38 bits per heavy atom. The molecule has 136 valence electrons. The molecule has 10 heteroatoms. The minimum atomic E-state index is -0.357. The third-order valence-corrected chi connectivity index (χ3v) is 4.77. The number of carbonyl (C=O) groups is 1. The summed E-state index contributed by atoms with van der Waals surface area (Å²) in [7, 11) is 0. The normalized spacial score (nSPS) is 11.0. The lowest BCUT2D eigenvalue weighted by molar-refractivity contribution is -0.118. The summed E-state index contributed by atoms with van der Waals surface area (Å²) in [5, 5.41) is 13.6. The first-order valence-corrected chi connectivity index (χ1v) is 9.35. The number of aromatic nitrogens is 5. The molecule has 8 nitrogen and oxygen atoms in total. The fourth-order valence-electron chi connectivity index (χ4n) is 2.35. The summed E-state index contributed by atoms with van der Waals surface area (Å²) in [4.78, 5) is 15.3. The maximum absolute atomic E-state index is 11.0. The number of hydrogen-bond acceptors (Lipinski definition) is 7. The predicted octanol–water partition coefficient (Wildman–Crippen LogP) is 2.71. The first kappa shape index (κ1) is 18.4. The number of benzene rings is 1. The van der Waals surface area contributed by atoms with Crippen LogP contribution in [0.2, 0.25) is 5.02 Å². The highest BCUT2D eigenvalue weighted by Crippen LogP contribution is 2.24. The van der Waals surface area contributed by atoms with E-state index in [1.54, 1.807) is 12.1 Å². The Kier molecular flexibility index (Phi) is 5.89. The van der Waals surface area contributed by atoms with Gasteiger partial charge in [0.2, 0.25) is 17.6 Å². The van der Waals surface area contributed by atoms with Crippen LogP contribution in [0.3, 0.4) is 0 Å². The Morgan fingerprint density at radius 3 is 2.96 bits per heavy atom. The molecule has 0 saturated heterocycles. The molecule has 2 heterocycles. The summed E-state index contributed by atoms with van der Waals surface area (Å²) in [6, 6.07) is 7.27. The largest absolute Gasteiger partial charge is 0.370 e. The molecule has 0 aliphatic heterocycles. The molecular formula is C16H17ClN6O2S. The van der Waals surface area contributed by atoms with Gasteiger partial charge in [-0.1, -0.05) is 40.7 Å². The topological polar surface area (TPSA) is 113 Å². The van der Waals surface area contributed by atoms with E-state index in [-0.39, 0.29) is 12.3 Å². The minimum absolute atomic E-state index is 0.245. The Hall–Kier alpha value is -2.39. The zero-order valence-electron chi connectivity index (χ0n) is 14.1. The number of carbonyl (C=O) groups excluding carboxylic acids is 1. The van der Waals surface area contributed by atoms with E-state index >= 15 is 0 Å². The van der Waals surface area contributed by atoms with Crippen molar-refractivity contribution in [3.63, 3.8) is 0 Å². The van der Waals surface area contributed by atoms with Gasteiger partial charge in [0.05, 0.1) is 5.75 Å². The number of nitrogens with zero attached hydrogens (tertiary/aromatic N) is 5. The average molecular weight is 393 g/mol. The van der Waals surface area contributed by atoms with Crippen molar-refractivity contribution >= 4 is 29.3 Å². The summed E-state index contributed by atoms with van der Waals surface area (Å²) in [6.45, 7) is 2.69. The number of primary amides is 1. The molecule has 0 atom stereocenters. The molecule has 1 aromatic carbocycles. The van der Waals surface area contributed by atoms with Crippen LogP contribution >= 0.6 is 23.4 Å². The highest BCUT2D eigenvalue weighted by molar-refractivity contribution is 7.98. The maximum Gasteiger partial charge on any atom is 0.237 e. The van der Waals surface area contributed by atoms with E-state index in [9.17, 15) is 4.79 Å². The quantitative estimate of drug-likeness (QED) is 0.586. The van der Waals surface area contributed by atoms with Crippen LogP contribution in [-0.4, -0.2) is 30.8 Å². The van der Waals surface area contributed by atoms with Crippen molar-refractivity contribution in [1.82, 2.24) is 24.9 Å². The third-order valence-electron chi connectivity index (χ3n) is 3.58. The molecule has 3 rings (SSSR count). The van der Waals surface area contributed by atoms with Gasteiger partial charge in [-0.25, -0.2) is 0 Å². The molecule has 0 unspecified atom stereocenters. The molecule has 0 aliphatic rings. The second-order valence-electron chi connectivity index (χ2n) is 5.42. The maximum atomic E-state index is 11.0. The van der Waals surface area contributed by atoms with Crippen LogP contribution in [0.1, 0.15) is 25.1 Å². The molecule has 0 saturated carbocycles. The summed E-state index contributed by atoms with van der Waals surface area (Å²) in [6.07, 6.45) is 0.714. The first-order chi connectivity index (χ1) is 12.6. The van der Waals surface area contributed by atoms with E-state index in [0.717, 1.165) is 16.5 Å². The van der Waals surface area contributed by atoms with Gasteiger partial charge < -0.3 is 14.8 Å². The zero-order chi connectivity index (χ0) is 18.5. The molecule has 0 bridgehead atoms. The van der Waals surface area contributed by atoms with Crippen molar-refractivity contribution in [2.75, 3.05) is 0 Å². The monoisotopic (exact) mass is 392 g/mol. The van der Waals surface area contributed by atoms with Gasteiger partial charge in [-0.05, 0) is 19.1 Å². The van der Waals surface area contributed by atoms with Crippen LogP contribution in [-0.2, 0) is 23.5 Å². The molecule has 0 fully saturated rings.